The third-order valence-electron chi connectivity index (χ3n) is 5.61. The van der Waals surface area contributed by atoms with E-state index in [-0.39, 0.29) is 11.5 Å². The highest BCUT2D eigenvalue weighted by Crippen LogP contribution is 2.36. The van der Waals surface area contributed by atoms with Crippen molar-refractivity contribution in [3.05, 3.63) is 47.2 Å². The number of alkyl halides is 2. The van der Waals surface area contributed by atoms with Crippen LogP contribution in [0.2, 0.25) is 5.02 Å². The van der Waals surface area contributed by atoms with Crippen LogP contribution in [0, 0.1) is 11.6 Å². The summed E-state index contributed by atoms with van der Waals surface area (Å²) in [7, 11) is 1.50. The Morgan fingerprint density at radius 1 is 1.20 bits per heavy atom. The van der Waals surface area contributed by atoms with Crippen LogP contribution in [0.25, 0.3) is 10.9 Å². The number of anilines is 2. The second-order valence-corrected chi connectivity index (χ2v) is 8.28. The largest absolute Gasteiger partial charge is 0.493 e. The lowest BCUT2D eigenvalue weighted by molar-refractivity contribution is -0.158. The highest BCUT2D eigenvalue weighted by molar-refractivity contribution is 6.31. The van der Waals surface area contributed by atoms with Gasteiger partial charge in [-0.1, -0.05) is 11.6 Å². The summed E-state index contributed by atoms with van der Waals surface area (Å²) in [6, 6.07) is 5.61. The number of likely N-dealkylation sites (tertiary alicyclic amines) is 1. The highest BCUT2D eigenvalue weighted by atomic mass is 35.5. The molecule has 2 heterocycles. The number of benzene rings is 2. The van der Waals surface area contributed by atoms with Crippen LogP contribution in [0.4, 0.5) is 29.1 Å². The first kappa shape index (κ1) is 25.2. The quantitative estimate of drug-likeness (QED) is 0.221. The summed E-state index contributed by atoms with van der Waals surface area (Å²) in [5.74, 6) is -0.660. The number of methoxy groups -OCH3 is 1. The van der Waals surface area contributed by atoms with Crippen LogP contribution >= 0.6 is 11.6 Å². The van der Waals surface area contributed by atoms with E-state index in [9.17, 15) is 17.6 Å². The fourth-order valence-corrected chi connectivity index (χ4v) is 4.08. The van der Waals surface area contributed by atoms with Crippen molar-refractivity contribution in [3.8, 4) is 11.5 Å². The molecule has 7 nitrogen and oxygen atoms in total. The first-order valence-electron chi connectivity index (χ1n) is 10.9. The Labute approximate surface area is 204 Å². The number of fused-ring (bicyclic) bond motifs is 1. The Kier molecular flexibility index (Phi) is 8.09. The van der Waals surface area contributed by atoms with Crippen molar-refractivity contribution in [3.63, 3.8) is 0 Å². The Morgan fingerprint density at radius 3 is 2.80 bits per heavy atom. The Hall–Kier alpha value is -2.89. The van der Waals surface area contributed by atoms with Crippen molar-refractivity contribution in [1.82, 2.24) is 14.9 Å². The van der Waals surface area contributed by atoms with Crippen LogP contribution in [0.5, 0.6) is 11.5 Å². The van der Waals surface area contributed by atoms with Crippen molar-refractivity contribution in [1.29, 1.82) is 0 Å². The molecule has 1 saturated heterocycles. The second-order valence-electron chi connectivity index (χ2n) is 7.90. The minimum atomic E-state index is -2.76. The van der Waals surface area contributed by atoms with E-state index in [2.05, 4.69) is 20.0 Å². The van der Waals surface area contributed by atoms with Gasteiger partial charge >= 0.3 is 6.61 Å². The lowest BCUT2D eigenvalue weighted by Crippen LogP contribution is -2.26. The average molecular weight is 515 g/mol. The van der Waals surface area contributed by atoms with Crippen molar-refractivity contribution >= 4 is 34.0 Å². The van der Waals surface area contributed by atoms with Crippen LogP contribution in [-0.2, 0) is 4.74 Å². The molecule has 0 bridgehead atoms. The van der Waals surface area contributed by atoms with E-state index in [4.69, 9.17) is 21.1 Å². The van der Waals surface area contributed by atoms with E-state index >= 15 is 0 Å². The van der Waals surface area contributed by atoms with E-state index < -0.39 is 29.4 Å². The van der Waals surface area contributed by atoms with Crippen LogP contribution in [0.15, 0.2) is 30.6 Å². The summed E-state index contributed by atoms with van der Waals surface area (Å²) in [5.41, 5.74) is 0.469. The molecule has 0 aliphatic carbocycles. The summed E-state index contributed by atoms with van der Waals surface area (Å²) >= 11 is 5.68. The van der Waals surface area contributed by atoms with Crippen LogP contribution < -0.4 is 14.8 Å². The number of rotatable bonds is 10. The monoisotopic (exact) mass is 514 g/mol. The molecule has 1 aromatic heterocycles. The molecule has 1 aliphatic rings. The number of hydrogen-bond donors (Lipinski definition) is 1. The summed E-state index contributed by atoms with van der Waals surface area (Å²) in [5, 5.41) is 2.73. The molecule has 12 heteroatoms. The number of hydrogen-bond acceptors (Lipinski definition) is 7. The molecule has 1 aliphatic heterocycles. The van der Waals surface area contributed by atoms with Gasteiger partial charge in [0, 0.05) is 31.1 Å². The number of nitrogens with zero attached hydrogens (tertiary/aromatic N) is 3. The third kappa shape index (κ3) is 6.03. The molecule has 3 aromatic rings. The number of nitrogens with one attached hydrogen (secondary N) is 1. The van der Waals surface area contributed by atoms with Gasteiger partial charge in [-0.3, -0.25) is 0 Å². The molecular formula is C23H23ClF4N4O3. The molecule has 0 spiro atoms. The van der Waals surface area contributed by atoms with Crippen molar-refractivity contribution in [2.45, 2.75) is 25.6 Å². The number of ether oxygens (including phenoxy) is 3. The van der Waals surface area contributed by atoms with Crippen molar-refractivity contribution in [2.24, 2.45) is 0 Å². The fourth-order valence-electron chi connectivity index (χ4n) is 3.91. The zero-order valence-electron chi connectivity index (χ0n) is 18.7. The topological polar surface area (TPSA) is 68.7 Å². The first-order chi connectivity index (χ1) is 16.9. The normalized spacial score (nSPS) is 16.3. The highest BCUT2D eigenvalue weighted by Gasteiger charge is 2.25. The molecule has 1 fully saturated rings. The second kappa shape index (κ2) is 11.2. The molecular weight excluding hydrogens is 492 g/mol. The van der Waals surface area contributed by atoms with Gasteiger partial charge in [-0.15, -0.1) is 0 Å². The summed E-state index contributed by atoms with van der Waals surface area (Å²) in [4.78, 5) is 10.4. The SMILES string of the molecule is COc1cc2ncnc(Nc3ccc(F)c(Cl)c3F)c2cc1OCCCN1CC[C@@H](OC(F)F)C1. The Balaban J connectivity index is 1.45. The lowest BCUT2D eigenvalue weighted by Gasteiger charge is -2.17. The van der Waals surface area contributed by atoms with E-state index in [1.807, 2.05) is 4.90 Å². The molecule has 0 unspecified atom stereocenters. The maximum Gasteiger partial charge on any atom is 0.345 e. The zero-order chi connectivity index (χ0) is 24.9. The minimum Gasteiger partial charge on any atom is -0.493 e. The van der Waals surface area contributed by atoms with Gasteiger partial charge in [0.25, 0.3) is 0 Å². The molecule has 0 saturated carbocycles. The third-order valence-corrected chi connectivity index (χ3v) is 5.96. The van der Waals surface area contributed by atoms with Gasteiger partial charge in [0.15, 0.2) is 17.3 Å². The first-order valence-corrected chi connectivity index (χ1v) is 11.3. The van der Waals surface area contributed by atoms with Crippen molar-refractivity contribution < 1.29 is 31.8 Å². The minimum absolute atomic E-state index is 0.0468. The van der Waals surface area contributed by atoms with Crippen LogP contribution in [0.3, 0.4) is 0 Å². The predicted molar refractivity (Wildman–Crippen MR) is 123 cm³/mol. The van der Waals surface area contributed by atoms with E-state index in [1.165, 1.54) is 19.5 Å². The van der Waals surface area contributed by atoms with E-state index in [0.29, 0.717) is 61.5 Å². The molecule has 0 amide bonds. The Morgan fingerprint density at radius 2 is 2.03 bits per heavy atom. The number of halogens is 5. The van der Waals surface area contributed by atoms with Gasteiger partial charge in [0.05, 0.1) is 31.0 Å². The maximum atomic E-state index is 14.4. The molecule has 35 heavy (non-hydrogen) atoms. The maximum absolute atomic E-state index is 14.4. The van der Waals surface area contributed by atoms with Gasteiger partial charge in [0.2, 0.25) is 0 Å². The average Bonchev–Trinajstić information content (AvgIpc) is 3.28. The van der Waals surface area contributed by atoms with Gasteiger partial charge in [-0.2, -0.15) is 8.78 Å². The lowest BCUT2D eigenvalue weighted by atomic mass is 10.2. The smallest absolute Gasteiger partial charge is 0.345 e. The molecule has 0 radical (unpaired) electrons. The van der Waals surface area contributed by atoms with Gasteiger partial charge in [-0.25, -0.2) is 18.7 Å². The summed E-state index contributed by atoms with van der Waals surface area (Å²) in [6.07, 6.45) is 2.06. The predicted octanol–water partition coefficient (Wildman–Crippen LogP) is 5.40. The molecule has 188 valence electrons. The van der Waals surface area contributed by atoms with Gasteiger partial charge in [-0.05, 0) is 31.0 Å². The standard InChI is InChI=1S/C23H23ClF4N4O3/c1-33-18-10-17-14(22(30-12-29-17)31-16-4-3-15(25)20(24)21(16)26)9-19(18)34-8-2-6-32-7-5-13(11-32)35-23(27)28/h3-4,9-10,12-13,23H,2,5-8,11H2,1H3,(H,29,30,31)/t13-/m1/s1. The van der Waals surface area contributed by atoms with E-state index in [0.717, 1.165) is 6.07 Å². The van der Waals surface area contributed by atoms with Crippen molar-refractivity contribution in [2.75, 3.05) is 38.7 Å². The van der Waals surface area contributed by atoms with Gasteiger partial charge in [0.1, 0.15) is 23.0 Å². The molecule has 4 rings (SSSR count). The molecule has 1 N–H and O–H groups in total. The van der Waals surface area contributed by atoms with E-state index in [1.54, 1.807) is 12.1 Å². The van der Waals surface area contributed by atoms with Crippen LogP contribution in [-0.4, -0.2) is 60.9 Å². The molecule has 1 atom stereocenters. The zero-order valence-corrected chi connectivity index (χ0v) is 19.5. The Bertz CT molecular complexity index is 1190. The summed E-state index contributed by atoms with van der Waals surface area (Å²) < 4.78 is 68.6. The molecule has 2 aromatic carbocycles. The fraction of sp³-hybridized carbons (Fsp3) is 0.391. The number of aromatic nitrogens is 2. The van der Waals surface area contributed by atoms with Gasteiger partial charge < -0.3 is 24.4 Å². The summed E-state index contributed by atoms with van der Waals surface area (Å²) in [6.45, 7) is -0.604. The van der Waals surface area contributed by atoms with Crippen LogP contribution in [0.1, 0.15) is 12.8 Å².